The zero-order chi connectivity index (χ0) is 13.7. The minimum Gasteiger partial charge on any atom is -0.387 e. The number of aliphatic hydroxyl groups is 1. The van der Waals surface area contributed by atoms with Gasteiger partial charge in [-0.2, -0.15) is 0 Å². The fourth-order valence-corrected chi connectivity index (χ4v) is 1.85. The van der Waals surface area contributed by atoms with Crippen LogP contribution in [0.4, 0.5) is 0 Å². The smallest absolute Gasteiger partial charge is 0.179 e. The van der Waals surface area contributed by atoms with E-state index in [0.717, 1.165) is 18.5 Å². The summed E-state index contributed by atoms with van der Waals surface area (Å²) < 4.78 is 6.80. The Morgan fingerprint density at radius 1 is 1.42 bits per heavy atom. The molecule has 0 amide bonds. The number of pyridine rings is 1. The van der Waals surface area contributed by atoms with Crippen LogP contribution in [0.15, 0.2) is 18.3 Å². The number of aromatic nitrogens is 4. The molecule has 2 heterocycles. The highest BCUT2D eigenvalue weighted by Crippen LogP contribution is 2.12. The van der Waals surface area contributed by atoms with Crippen LogP contribution in [0.2, 0.25) is 0 Å². The van der Waals surface area contributed by atoms with Gasteiger partial charge in [-0.15, -0.1) is 5.10 Å². The van der Waals surface area contributed by atoms with Crippen molar-refractivity contribution in [3.63, 3.8) is 0 Å². The standard InChI is InChI=1S/C12H19N5O2/c1-3-10(19-2)6-13-7-11(18)9-4-5-12-14-15-16-17(12)8-9/h4-5,8,10-11,13,18H,3,6-7H2,1-2H3. The number of hydrogen-bond donors (Lipinski definition) is 2. The summed E-state index contributed by atoms with van der Waals surface area (Å²) in [6.07, 6.45) is 2.25. The Labute approximate surface area is 111 Å². The number of hydrogen-bond acceptors (Lipinski definition) is 6. The molecule has 2 N–H and O–H groups in total. The topological polar surface area (TPSA) is 84.6 Å². The Kier molecular flexibility index (Phi) is 4.78. The van der Waals surface area contributed by atoms with E-state index < -0.39 is 6.10 Å². The molecule has 19 heavy (non-hydrogen) atoms. The van der Waals surface area contributed by atoms with Gasteiger partial charge in [0, 0.05) is 32.0 Å². The van der Waals surface area contributed by atoms with Gasteiger partial charge in [-0.25, -0.2) is 4.52 Å². The number of methoxy groups -OCH3 is 1. The third kappa shape index (κ3) is 3.46. The molecule has 7 nitrogen and oxygen atoms in total. The molecule has 0 aliphatic carbocycles. The van der Waals surface area contributed by atoms with Crippen LogP contribution >= 0.6 is 0 Å². The van der Waals surface area contributed by atoms with Gasteiger partial charge < -0.3 is 15.2 Å². The quantitative estimate of drug-likeness (QED) is 0.742. The van der Waals surface area contributed by atoms with Gasteiger partial charge in [0.2, 0.25) is 0 Å². The van der Waals surface area contributed by atoms with Gasteiger partial charge in [0.05, 0.1) is 12.2 Å². The van der Waals surface area contributed by atoms with Gasteiger partial charge in [-0.3, -0.25) is 0 Å². The van der Waals surface area contributed by atoms with Crippen LogP contribution in [0.3, 0.4) is 0 Å². The molecule has 0 saturated heterocycles. The summed E-state index contributed by atoms with van der Waals surface area (Å²) in [5.41, 5.74) is 1.44. The molecule has 2 unspecified atom stereocenters. The highest BCUT2D eigenvalue weighted by molar-refractivity contribution is 5.36. The van der Waals surface area contributed by atoms with Crippen molar-refractivity contribution in [2.75, 3.05) is 20.2 Å². The SMILES string of the molecule is CCC(CNCC(O)c1ccc2nnnn2c1)OC. The van der Waals surface area contributed by atoms with E-state index >= 15 is 0 Å². The Balaban J connectivity index is 1.90. The lowest BCUT2D eigenvalue weighted by Gasteiger charge is -2.16. The van der Waals surface area contributed by atoms with Crippen molar-refractivity contribution in [3.05, 3.63) is 23.9 Å². The first kappa shape index (κ1) is 13.9. The van der Waals surface area contributed by atoms with Gasteiger partial charge >= 0.3 is 0 Å². The first-order valence-electron chi connectivity index (χ1n) is 6.33. The minimum atomic E-state index is -0.594. The molecule has 104 valence electrons. The van der Waals surface area contributed by atoms with Crippen LogP contribution in [0, 0.1) is 0 Å². The molecule has 2 aromatic heterocycles. The van der Waals surface area contributed by atoms with E-state index in [0.29, 0.717) is 12.2 Å². The highest BCUT2D eigenvalue weighted by atomic mass is 16.5. The largest absolute Gasteiger partial charge is 0.387 e. The number of tetrazole rings is 1. The molecule has 0 bridgehead atoms. The summed E-state index contributed by atoms with van der Waals surface area (Å²) >= 11 is 0. The summed E-state index contributed by atoms with van der Waals surface area (Å²) in [4.78, 5) is 0. The second-order valence-electron chi connectivity index (χ2n) is 4.38. The molecule has 0 aliphatic heterocycles. The van der Waals surface area contributed by atoms with E-state index in [1.165, 1.54) is 0 Å². The number of nitrogens with one attached hydrogen (secondary N) is 1. The molecule has 0 radical (unpaired) electrons. The lowest BCUT2D eigenvalue weighted by molar-refractivity contribution is 0.0926. The predicted octanol–water partition coefficient (Wildman–Crippen LogP) is 0.172. The Hall–Kier alpha value is -1.57. The molecule has 2 aromatic rings. The number of rotatable bonds is 7. The molecule has 2 rings (SSSR count). The van der Waals surface area contributed by atoms with Crippen molar-refractivity contribution >= 4 is 5.65 Å². The first-order chi connectivity index (χ1) is 9.24. The fourth-order valence-electron chi connectivity index (χ4n) is 1.85. The third-order valence-electron chi connectivity index (χ3n) is 3.10. The molecular weight excluding hydrogens is 246 g/mol. The van der Waals surface area contributed by atoms with Crippen LogP contribution < -0.4 is 5.32 Å². The van der Waals surface area contributed by atoms with Crippen molar-refractivity contribution in [3.8, 4) is 0 Å². The van der Waals surface area contributed by atoms with E-state index in [4.69, 9.17) is 4.74 Å². The summed E-state index contributed by atoms with van der Waals surface area (Å²) in [5, 5.41) is 24.5. The van der Waals surface area contributed by atoms with Gasteiger partial charge in [0.1, 0.15) is 0 Å². The maximum atomic E-state index is 10.1. The fraction of sp³-hybridized carbons (Fsp3) is 0.583. The Bertz CT molecular complexity index is 512. The van der Waals surface area contributed by atoms with Gasteiger partial charge in [-0.1, -0.05) is 13.0 Å². The number of nitrogens with zero attached hydrogens (tertiary/aromatic N) is 4. The van der Waals surface area contributed by atoms with Crippen molar-refractivity contribution in [1.29, 1.82) is 0 Å². The molecular formula is C12H19N5O2. The zero-order valence-corrected chi connectivity index (χ0v) is 11.2. The minimum absolute atomic E-state index is 0.175. The number of ether oxygens (including phenoxy) is 1. The van der Waals surface area contributed by atoms with Crippen LogP contribution in [0.25, 0.3) is 5.65 Å². The van der Waals surface area contributed by atoms with E-state index in [1.807, 2.05) is 6.07 Å². The first-order valence-corrected chi connectivity index (χ1v) is 6.33. The van der Waals surface area contributed by atoms with Crippen LogP contribution in [-0.4, -0.2) is 51.5 Å². The van der Waals surface area contributed by atoms with Crippen LogP contribution in [0.1, 0.15) is 25.0 Å². The monoisotopic (exact) mass is 265 g/mol. The summed E-state index contributed by atoms with van der Waals surface area (Å²) in [7, 11) is 1.69. The van der Waals surface area contributed by atoms with E-state index in [9.17, 15) is 5.11 Å². The molecule has 0 fully saturated rings. The third-order valence-corrected chi connectivity index (χ3v) is 3.10. The zero-order valence-electron chi connectivity index (χ0n) is 11.2. The average molecular weight is 265 g/mol. The predicted molar refractivity (Wildman–Crippen MR) is 69.7 cm³/mol. The Morgan fingerprint density at radius 3 is 3.00 bits per heavy atom. The van der Waals surface area contributed by atoms with Gasteiger partial charge in [0.25, 0.3) is 0 Å². The van der Waals surface area contributed by atoms with Crippen molar-refractivity contribution in [2.24, 2.45) is 0 Å². The van der Waals surface area contributed by atoms with E-state index in [1.54, 1.807) is 23.9 Å². The lowest BCUT2D eigenvalue weighted by atomic mass is 10.1. The van der Waals surface area contributed by atoms with E-state index in [2.05, 4.69) is 27.8 Å². The maximum absolute atomic E-state index is 10.1. The number of fused-ring (bicyclic) bond motifs is 1. The normalized spacial score (nSPS) is 14.7. The summed E-state index contributed by atoms with van der Waals surface area (Å²) in [6.45, 7) is 3.25. The molecule has 0 aliphatic rings. The molecule has 0 spiro atoms. The van der Waals surface area contributed by atoms with Crippen molar-refractivity contribution < 1.29 is 9.84 Å². The molecule has 2 atom stereocenters. The average Bonchev–Trinajstić information content (AvgIpc) is 2.90. The maximum Gasteiger partial charge on any atom is 0.179 e. The Morgan fingerprint density at radius 2 is 2.26 bits per heavy atom. The van der Waals surface area contributed by atoms with Crippen molar-refractivity contribution in [2.45, 2.75) is 25.6 Å². The van der Waals surface area contributed by atoms with Gasteiger partial charge in [0.15, 0.2) is 5.65 Å². The molecule has 0 aromatic carbocycles. The number of aliphatic hydroxyl groups excluding tert-OH is 1. The summed E-state index contributed by atoms with van der Waals surface area (Å²) in [6, 6.07) is 3.61. The lowest BCUT2D eigenvalue weighted by Crippen LogP contribution is -2.31. The summed E-state index contributed by atoms with van der Waals surface area (Å²) in [5.74, 6) is 0. The molecule has 0 saturated carbocycles. The van der Waals surface area contributed by atoms with Crippen molar-refractivity contribution in [1.82, 2.24) is 25.4 Å². The van der Waals surface area contributed by atoms with Crippen LogP contribution in [0.5, 0.6) is 0 Å². The van der Waals surface area contributed by atoms with E-state index in [-0.39, 0.29) is 6.10 Å². The molecule has 7 heteroatoms. The van der Waals surface area contributed by atoms with Gasteiger partial charge in [-0.05, 0) is 22.9 Å². The second-order valence-corrected chi connectivity index (χ2v) is 4.38. The van der Waals surface area contributed by atoms with Crippen LogP contribution in [-0.2, 0) is 4.74 Å². The highest BCUT2D eigenvalue weighted by Gasteiger charge is 2.10. The second kappa shape index (κ2) is 6.55.